The van der Waals surface area contributed by atoms with E-state index in [2.05, 4.69) is 13.8 Å². The van der Waals surface area contributed by atoms with E-state index in [4.69, 9.17) is 0 Å². The van der Waals surface area contributed by atoms with Gasteiger partial charge < -0.3 is 5.11 Å². The Morgan fingerprint density at radius 2 is 1.85 bits per heavy atom. The van der Waals surface area contributed by atoms with Crippen LogP contribution in [0.25, 0.3) is 0 Å². The van der Waals surface area contributed by atoms with Crippen molar-refractivity contribution < 1.29 is 13.9 Å². The molecule has 1 aliphatic rings. The summed E-state index contributed by atoms with van der Waals surface area (Å²) in [7, 11) is 0. The molecule has 0 spiro atoms. The normalized spacial score (nSPS) is 39.5. The van der Waals surface area contributed by atoms with Gasteiger partial charge in [-0.05, 0) is 30.6 Å². The molecule has 3 heteroatoms. The maximum Gasteiger partial charge on any atom is 0.267 e. The Morgan fingerprint density at radius 3 is 2.23 bits per heavy atom. The van der Waals surface area contributed by atoms with Crippen LogP contribution in [0.5, 0.6) is 0 Å². The van der Waals surface area contributed by atoms with Gasteiger partial charge in [0.05, 0.1) is 0 Å². The van der Waals surface area contributed by atoms with Crippen molar-refractivity contribution in [3.63, 3.8) is 0 Å². The first kappa shape index (κ1) is 10.9. The predicted octanol–water partition coefficient (Wildman–Crippen LogP) is 2.83. The number of aliphatic hydroxyl groups is 1. The van der Waals surface area contributed by atoms with E-state index in [0.717, 1.165) is 0 Å². The van der Waals surface area contributed by atoms with Gasteiger partial charge in [0, 0.05) is 0 Å². The lowest BCUT2D eigenvalue weighted by Crippen LogP contribution is -2.49. The molecule has 2 atom stereocenters. The molecule has 0 aromatic carbocycles. The quantitative estimate of drug-likeness (QED) is 0.677. The van der Waals surface area contributed by atoms with Gasteiger partial charge in [0.1, 0.15) is 5.60 Å². The van der Waals surface area contributed by atoms with Crippen molar-refractivity contribution in [1.82, 2.24) is 0 Å². The molecule has 0 heterocycles. The second kappa shape index (κ2) is 3.19. The maximum absolute atomic E-state index is 12.6. The Balaban J connectivity index is 2.73. The molecule has 1 rings (SSSR count). The second-order valence-electron chi connectivity index (χ2n) is 5.06. The van der Waals surface area contributed by atoms with Crippen LogP contribution in [0.2, 0.25) is 0 Å². The van der Waals surface area contributed by atoms with E-state index < -0.39 is 12.0 Å². The molecule has 1 N–H and O–H groups in total. The molecule has 1 saturated carbocycles. The maximum atomic E-state index is 12.6. The van der Waals surface area contributed by atoms with Crippen LogP contribution in [0.3, 0.4) is 0 Å². The molecule has 0 aromatic heterocycles. The van der Waals surface area contributed by atoms with E-state index in [9.17, 15) is 13.9 Å². The van der Waals surface area contributed by atoms with Crippen LogP contribution < -0.4 is 0 Å². The molecule has 1 fully saturated rings. The number of hydrogen-bond donors (Lipinski definition) is 1. The number of alkyl halides is 2. The molecule has 0 aliphatic heterocycles. The fraction of sp³-hybridized carbons (Fsp3) is 1.00. The Kier molecular flexibility index (Phi) is 2.68. The molecule has 0 aromatic rings. The lowest BCUT2D eigenvalue weighted by atomic mass is 9.65. The van der Waals surface area contributed by atoms with Crippen molar-refractivity contribution in [2.75, 3.05) is 0 Å². The summed E-state index contributed by atoms with van der Waals surface area (Å²) in [5.41, 5.74) is -1.64. The van der Waals surface area contributed by atoms with Crippen molar-refractivity contribution in [2.24, 2.45) is 11.3 Å². The van der Waals surface area contributed by atoms with Gasteiger partial charge in [-0.1, -0.05) is 20.8 Å². The topological polar surface area (TPSA) is 20.2 Å². The van der Waals surface area contributed by atoms with Crippen LogP contribution in [0.1, 0.15) is 40.0 Å². The number of hydrogen-bond acceptors (Lipinski definition) is 1. The summed E-state index contributed by atoms with van der Waals surface area (Å²) in [6.07, 6.45) is -1.04. The highest BCUT2D eigenvalue weighted by molar-refractivity contribution is 4.95. The largest absolute Gasteiger partial charge is 0.384 e. The SMILES string of the molecule is CC1CC(C)(C)CCC1(O)C(F)F. The molecule has 78 valence electrons. The third-order valence-corrected chi connectivity index (χ3v) is 3.29. The van der Waals surface area contributed by atoms with Gasteiger partial charge >= 0.3 is 0 Å². The fourth-order valence-corrected chi connectivity index (χ4v) is 2.22. The predicted molar refractivity (Wildman–Crippen MR) is 47.7 cm³/mol. The first-order valence-electron chi connectivity index (χ1n) is 4.78. The zero-order valence-electron chi connectivity index (χ0n) is 8.48. The molecule has 0 amide bonds. The third kappa shape index (κ3) is 2.01. The van der Waals surface area contributed by atoms with Gasteiger partial charge in [0.25, 0.3) is 6.43 Å². The van der Waals surface area contributed by atoms with Gasteiger partial charge in [-0.3, -0.25) is 0 Å². The highest BCUT2D eigenvalue weighted by atomic mass is 19.3. The van der Waals surface area contributed by atoms with Crippen LogP contribution in [-0.4, -0.2) is 17.1 Å². The van der Waals surface area contributed by atoms with Gasteiger partial charge in [-0.2, -0.15) is 0 Å². The van der Waals surface area contributed by atoms with Gasteiger partial charge in [0.2, 0.25) is 0 Å². The summed E-state index contributed by atoms with van der Waals surface area (Å²) in [6.45, 7) is 5.84. The minimum Gasteiger partial charge on any atom is -0.384 e. The van der Waals surface area contributed by atoms with Crippen LogP contribution in [0.15, 0.2) is 0 Å². The van der Waals surface area contributed by atoms with Crippen LogP contribution in [0.4, 0.5) is 8.78 Å². The highest BCUT2D eigenvalue weighted by Gasteiger charge is 2.48. The van der Waals surface area contributed by atoms with E-state index in [1.54, 1.807) is 6.92 Å². The Hall–Kier alpha value is -0.180. The average molecular weight is 192 g/mol. The van der Waals surface area contributed by atoms with Crippen molar-refractivity contribution >= 4 is 0 Å². The van der Waals surface area contributed by atoms with E-state index in [1.165, 1.54) is 0 Å². The number of rotatable bonds is 1. The molecule has 2 unspecified atom stereocenters. The molecular weight excluding hydrogens is 174 g/mol. The van der Waals surface area contributed by atoms with Crippen molar-refractivity contribution in [2.45, 2.75) is 52.1 Å². The summed E-state index contributed by atoms with van der Waals surface area (Å²) >= 11 is 0. The van der Waals surface area contributed by atoms with Crippen molar-refractivity contribution in [3.05, 3.63) is 0 Å². The fourth-order valence-electron chi connectivity index (χ4n) is 2.22. The summed E-state index contributed by atoms with van der Waals surface area (Å²) in [6, 6.07) is 0. The third-order valence-electron chi connectivity index (χ3n) is 3.29. The first-order chi connectivity index (χ1) is 5.78. The van der Waals surface area contributed by atoms with Crippen LogP contribution in [-0.2, 0) is 0 Å². The summed E-state index contributed by atoms with van der Waals surface area (Å²) in [4.78, 5) is 0. The van der Waals surface area contributed by atoms with Crippen molar-refractivity contribution in [1.29, 1.82) is 0 Å². The second-order valence-corrected chi connectivity index (χ2v) is 5.06. The van der Waals surface area contributed by atoms with Gasteiger partial charge in [0.15, 0.2) is 0 Å². The van der Waals surface area contributed by atoms with E-state index in [1.807, 2.05) is 0 Å². The molecule has 13 heavy (non-hydrogen) atoms. The standard InChI is InChI=1S/C10H18F2O/c1-7-6-9(2,3)4-5-10(7,13)8(11)12/h7-8,13H,4-6H2,1-3H3. The average Bonchev–Trinajstić information content (AvgIpc) is 1.96. The Bertz CT molecular complexity index is 191. The van der Waals surface area contributed by atoms with E-state index in [-0.39, 0.29) is 17.8 Å². The lowest BCUT2D eigenvalue weighted by molar-refractivity contribution is -0.161. The molecular formula is C10H18F2O. The van der Waals surface area contributed by atoms with Crippen molar-refractivity contribution in [3.8, 4) is 0 Å². The zero-order chi connectivity index (χ0) is 10.3. The molecule has 1 nitrogen and oxygen atoms in total. The van der Waals surface area contributed by atoms with E-state index in [0.29, 0.717) is 12.8 Å². The molecule has 1 aliphatic carbocycles. The van der Waals surface area contributed by atoms with Crippen LogP contribution >= 0.6 is 0 Å². The first-order valence-corrected chi connectivity index (χ1v) is 4.78. The Labute approximate surface area is 78.1 Å². The molecule has 0 bridgehead atoms. The molecule has 0 radical (unpaired) electrons. The Morgan fingerprint density at radius 1 is 1.31 bits per heavy atom. The summed E-state index contributed by atoms with van der Waals surface area (Å²) in [5, 5.41) is 9.70. The van der Waals surface area contributed by atoms with Gasteiger partial charge in [-0.15, -0.1) is 0 Å². The minimum absolute atomic E-state index is 0.0978. The summed E-state index contributed by atoms with van der Waals surface area (Å²) < 4.78 is 25.1. The number of halogens is 2. The van der Waals surface area contributed by atoms with Crippen LogP contribution in [0, 0.1) is 11.3 Å². The molecule has 0 saturated heterocycles. The lowest BCUT2D eigenvalue weighted by Gasteiger charge is -2.44. The van der Waals surface area contributed by atoms with E-state index >= 15 is 0 Å². The minimum atomic E-state index is -2.61. The monoisotopic (exact) mass is 192 g/mol. The zero-order valence-corrected chi connectivity index (χ0v) is 8.48. The summed E-state index contributed by atoms with van der Waals surface area (Å²) in [5.74, 6) is -0.309. The smallest absolute Gasteiger partial charge is 0.267 e. The highest BCUT2D eigenvalue weighted by Crippen LogP contribution is 2.46. The van der Waals surface area contributed by atoms with Gasteiger partial charge in [-0.25, -0.2) is 8.78 Å².